The van der Waals surface area contributed by atoms with E-state index in [2.05, 4.69) is 0 Å². The molecular formula is C13H13N5O2S. The number of nitriles is 3. The molecule has 1 rings (SSSR count). The second kappa shape index (κ2) is 7.25. The van der Waals surface area contributed by atoms with Gasteiger partial charge in [0.25, 0.3) is 0 Å². The Hall–Kier alpha value is -2.60. The van der Waals surface area contributed by atoms with Gasteiger partial charge >= 0.3 is 0 Å². The summed E-state index contributed by atoms with van der Waals surface area (Å²) in [5, 5.41) is 26.0. The molecule has 8 heteroatoms. The molecule has 108 valence electrons. The van der Waals surface area contributed by atoms with Gasteiger partial charge in [0.15, 0.2) is 0 Å². The monoisotopic (exact) mass is 303 g/mol. The van der Waals surface area contributed by atoms with Crippen molar-refractivity contribution in [1.29, 1.82) is 15.8 Å². The highest BCUT2D eigenvalue weighted by atomic mass is 32.2. The number of anilines is 1. The van der Waals surface area contributed by atoms with Gasteiger partial charge in [-0.1, -0.05) is 0 Å². The molecule has 0 atom stereocenters. The quantitative estimate of drug-likeness (QED) is 0.777. The predicted octanol–water partition coefficient (Wildman–Crippen LogP) is 0.959. The third-order valence-corrected chi connectivity index (χ3v) is 4.68. The molecule has 0 radical (unpaired) electrons. The molecule has 0 unspecified atom stereocenters. The summed E-state index contributed by atoms with van der Waals surface area (Å²) in [6, 6.07) is 9.50. The first-order chi connectivity index (χ1) is 9.97. The van der Waals surface area contributed by atoms with Crippen molar-refractivity contribution in [3.8, 4) is 18.2 Å². The summed E-state index contributed by atoms with van der Waals surface area (Å²) in [6.07, 6.45) is 0.0294. The van der Waals surface area contributed by atoms with Crippen LogP contribution in [0.25, 0.3) is 0 Å². The van der Waals surface area contributed by atoms with E-state index in [1.165, 1.54) is 18.2 Å². The van der Waals surface area contributed by atoms with Crippen LogP contribution >= 0.6 is 0 Å². The van der Waals surface area contributed by atoms with Crippen molar-refractivity contribution in [2.45, 2.75) is 17.7 Å². The van der Waals surface area contributed by atoms with Crippen LogP contribution in [0.3, 0.4) is 0 Å². The molecule has 0 saturated carbocycles. The molecule has 21 heavy (non-hydrogen) atoms. The Morgan fingerprint density at radius 2 is 1.67 bits per heavy atom. The van der Waals surface area contributed by atoms with Gasteiger partial charge in [-0.3, -0.25) is 0 Å². The van der Waals surface area contributed by atoms with Crippen molar-refractivity contribution in [2.75, 3.05) is 18.8 Å². The minimum atomic E-state index is -3.90. The number of hydrogen-bond acceptors (Lipinski definition) is 6. The lowest BCUT2D eigenvalue weighted by Gasteiger charge is -2.20. The molecule has 0 spiro atoms. The van der Waals surface area contributed by atoms with Gasteiger partial charge < -0.3 is 5.73 Å². The Morgan fingerprint density at radius 1 is 1.10 bits per heavy atom. The van der Waals surface area contributed by atoms with Crippen LogP contribution in [0.2, 0.25) is 0 Å². The molecule has 0 amide bonds. The zero-order valence-corrected chi connectivity index (χ0v) is 12.0. The average Bonchev–Trinajstić information content (AvgIpc) is 2.46. The third-order valence-electron chi connectivity index (χ3n) is 2.70. The minimum Gasteiger partial charge on any atom is -0.398 e. The van der Waals surface area contributed by atoms with Crippen LogP contribution in [-0.4, -0.2) is 25.8 Å². The summed E-state index contributed by atoms with van der Waals surface area (Å²) in [5.74, 6) is 0. The molecule has 0 aliphatic rings. The van der Waals surface area contributed by atoms with Gasteiger partial charge in [0.05, 0.1) is 29.5 Å². The van der Waals surface area contributed by atoms with Crippen molar-refractivity contribution in [1.82, 2.24) is 4.31 Å². The van der Waals surface area contributed by atoms with E-state index in [0.717, 1.165) is 4.31 Å². The van der Waals surface area contributed by atoms with Gasteiger partial charge in [0.1, 0.15) is 4.90 Å². The van der Waals surface area contributed by atoms with Gasteiger partial charge in [-0.2, -0.15) is 20.1 Å². The van der Waals surface area contributed by atoms with Crippen LogP contribution in [0.1, 0.15) is 18.4 Å². The summed E-state index contributed by atoms with van der Waals surface area (Å²) in [4.78, 5) is -0.127. The maximum Gasteiger partial charge on any atom is 0.245 e. The fraction of sp³-hybridized carbons (Fsp3) is 0.308. The third kappa shape index (κ3) is 3.93. The second-order valence-corrected chi connectivity index (χ2v) is 5.99. The van der Waals surface area contributed by atoms with Crippen LogP contribution in [0.15, 0.2) is 23.1 Å². The largest absolute Gasteiger partial charge is 0.398 e. The number of hydrogen-bond donors (Lipinski definition) is 1. The molecule has 0 aliphatic carbocycles. The number of rotatable bonds is 6. The topological polar surface area (TPSA) is 135 Å². The van der Waals surface area contributed by atoms with Crippen molar-refractivity contribution in [3.05, 3.63) is 23.8 Å². The van der Waals surface area contributed by atoms with E-state index in [0.29, 0.717) is 0 Å². The molecule has 0 heterocycles. The molecule has 0 fully saturated rings. The van der Waals surface area contributed by atoms with E-state index in [1.807, 2.05) is 18.2 Å². The Bertz CT molecular complexity index is 719. The normalized spacial score (nSPS) is 10.6. The molecule has 0 bridgehead atoms. The smallest absolute Gasteiger partial charge is 0.245 e. The van der Waals surface area contributed by atoms with Crippen LogP contribution in [0.5, 0.6) is 0 Å². The van der Waals surface area contributed by atoms with Gasteiger partial charge in [0.2, 0.25) is 10.0 Å². The molecular weight excluding hydrogens is 290 g/mol. The minimum absolute atomic E-state index is 0.0139. The van der Waals surface area contributed by atoms with E-state index in [9.17, 15) is 8.42 Å². The van der Waals surface area contributed by atoms with E-state index >= 15 is 0 Å². The fourth-order valence-corrected chi connectivity index (χ4v) is 3.23. The van der Waals surface area contributed by atoms with Crippen LogP contribution in [0, 0.1) is 34.0 Å². The summed E-state index contributed by atoms with van der Waals surface area (Å²) >= 11 is 0. The Kier molecular flexibility index (Phi) is 5.68. The first kappa shape index (κ1) is 16.5. The zero-order chi connectivity index (χ0) is 15.9. The van der Waals surface area contributed by atoms with Crippen molar-refractivity contribution < 1.29 is 8.42 Å². The van der Waals surface area contributed by atoms with E-state index in [4.69, 9.17) is 21.5 Å². The molecule has 0 saturated heterocycles. The van der Waals surface area contributed by atoms with E-state index in [1.54, 1.807) is 0 Å². The van der Waals surface area contributed by atoms with Gasteiger partial charge in [-0.25, -0.2) is 8.42 Å². The zero-order valence-electron chi connectivity index (χ0n) is 11.2. The number of nitrogens with two attached hydrogens (primary N) is 1. The highest BCUT2D eigenvalue weighted by Gasteiger charge is 2.26. The summed E-state index contributed by atoms with van der Waals surface area (Å²) in [5.41, 5.74) is 5.91. The first-order valence-electron chi connectivity index (χ1n) is 6.01. The number of benzene rings is 1. The molecule has 1 aromatic rings. The lowest BCUT2D eigenvalue weighted by atomic mass is 10.2. The summed E-state index contributed by atoms with van der Waals surface area (Å²) in [6.45, 7) is -0.0279. The molecule has 7 nitrogen and oxygen atoms in total. The second-order valence-electron chi connectivity index (χ2n) is 4.08. The van der Waals surface area contributed by atoms with Crippen molar-refractivity contribution in [2.24, 2.45) is 0 Å². The average molecular weight is 303 g/mol. The molecule has 2 N–H and O–H groups in total. The SMILES string of the molecule is N#CCCN(CCC#N)S(=O)(=O)c1ccc(C#N)cc1N. The van der Waals surface area contributed by atoms with Crippen LogP contribution in [0.4, 0.5) is 5.69 Å². The lowest BCUT2D eigenvalue weighted by molar-refractivity contribution is 0.425. The molecule has 1 aromatic carbocycles. The fourth-order valence-electron chi connectivity index (χ4n) is 1.69. The van der Waals surface area contributed by atoms with Gasteiger partial charge in [-0.15, -0.1) is 0 Å². The molecule has 0 aromatic heterocycles. The summed E-state index contributed by atoms with van der Waals surface area (Å²) in [7, 11) is -3.90. The standard InChI is InChI=1S/C13H13N5O2S/c14-5-1-7-18(8-2-6-15)21(19,20)13-4-3-11(10-16)9-12(13)17/h3-4,9H,1-2,7-8,17H2. The number of nitrogens with zero attached hydrogens (tertiary/aromatic N) is 4. The van der Waals surface area contributed by atoms with Gasteiger partial charge in [0, 0.05) is 25.9 Å². The Labute approximate surface area is 123 Å². The first-order valence-corrected chi connectivity index (χ1v) is 7.45. The van der Waals surface area contributed by atoms with Crippen LogP contribution in [-0.2, 0) is 10.0 Å². The maximum absolute atomic E-state index is 12.5. The molecule has 0 aliphatic heterocycles. The lowest BCUT2D eigenvalue weighted by Crippen LogP contribution is -2.33. The maximum atomic E-state index is 12.5. The number of sulfonamides is 1. The Morgan fingerprint density at radius 3 is 2.10 bits per heavy atom. The van der Waals surface area contributed by atoms with Crippen molar-refractivity contribution in [3.63, 3.8) is 0 Å². The Balaban J connectivity index is 3.20. The highest BCUT2D eigenvalue weighted by molar-refractivity contribution is 7.89. The van der Waals surface area contributed by atoms with E-state index < -0.39 is 10.0 Å². The van der Waals surface area contributed by atoms with Gasteiger partial charge in [-0.05, 0) is 18.2 Å². The van der Waals surface area contributed by atoms with Crippen LogP contribution < -0.4 is 5.73 Å². The van der Waals surface area contributed by atoms with Crippen molar-refractivity contribution >= 4 is 15.7 Å². The summed E-state index contributed by atoms with van der Waals surface area (Å²) < 4.78 is 26.1. The predicted molar refractivity (Wildman–Crippen MR) is 74.8 cm³/mol. The highest BCUT2D eigenvalue weighted by Crippen LogP contribution is 2.23. The van der Waals surface area contributed by atoms with E-state index in [-0.39, 0.29) is 42.1 Å². The number of nitrogen functional groups attached to an aromatic ring is 1.